The Labute approximate surface area is 540 Å². The number of halogens is 3. The van der Waals surface area contributed by atoms with Gasteiger partial charge in [-0.3, -0.25) is 19.3 Å². The van der Waals surface area contributed by atoms with Crippen LogP contribution < -0.4 is 37.7 Å². The topological polar surface area (TPSA) is 289 Å². The molecule has 3 radical (unpaired) electrons. The van der Waals surface area contributed by atoms with E-state index in [1.165, 1.54) is 42.5 Å². The summed E-state index contributed by atoms with van der Waals surface area (Å²) in [6.45, 7) is 29.1. The van der Waals surface area contributed by atoms with Gasteiger partial charge in [0.1, 0.15) is 40.9 Å². The van der Waals surface area contributed by atoms with E-state index in [4.69, 9.17) is 25.8 Å². The third kappa shape index (κ3) is 33.0. The molecule has 0 spiro atoms. The van der Waals surface area contributed by atoms with Crippen molar-refractivity contribution in [3.63, 3.8) is 0 Å². The standard InChI is InChI=1S/C24H25F2N3O4.C12H24N2O2.C9H16N2O2.C9H17NO3.C7H16N2.Al.BH2I.3H/c1-13-8-9-28(16-5-6-16)20-12-27-11-17(22(31)23(32)21(27)24(33)29(13)20)19(30)7-3-14-2-4-15(25)10-18(14)26;1-9(7-8-13-10-5-6-10)14-11(15)16-12(2,3)4;1-7(5-6-10)11-8(12)13-9(2,3)4;1-7(5-6-11)10-8(12)13-9(2,3)4;1-6(8)4-5-9-7-2-3-7;;1-2;;;/h2,4,10-11,13,16,20,32H,3,5-9,12H2,1H3;9-10,13H,5-8H2,1-4H3,(H,14,15);7H,5H2,1-4H3,(H,11,12);6-7H,5H2,1-4H3,(H,10,12);6-7,9H,2-5,8H2,1H3;;2H2;;;/q;;;;;-1;;;;/t13-,20-;9-;2*7-;6-;;;;;/m00000...../s1/i;;;;;;2D;;;. The minimum Gasteiger partial charge on any atom is -0.101 e. The number of nitrogens with one attached hydrogen (secondary N) is 5. The first-order valence-corrected chi connectivity index (χ1v) is 31.2. The fourth-order valence-corrected chi connectivity index (χ4v) is 8.64. The Kier molecular flexibility index (Phi) is 34.7. The first-order valence-electron chi connectivity index (χ1n) is 30.3. The quantitative estimate of drug-likeness (QED) is 0.0239. The van der Waals surface area contributed by atoms with Crippen LogP contribution in [0.15, 0.2) is 29.2 Å². The molecule has 21 nitrogen and oxygen atoms in total. The van der Waals surface area contributed by atoms with Crippen molar-refractivity contribution < 1.29 is 56.9 Å². The molecule has 2 aliphatic heterocycles. The van der Waals surface area contributed by atoms with Gasteiger partial charge >= 0.3 is 46.8 Å². The van der Waals surface area contributed by atoms with Crippen LogP contribution in [0.1, 0.15) is 200 Å². The van der Waals surface area contributed by atoms with E-state index in [-0.39, 0.29) is 83.4 Å². The van der Waals surface area contributed by atoms with Gasteiger partial charge in [-0.1, -0.05) is 6.07 Å². The van der Waals surface area contributed by atoms with Gasteiger partial charge in [0.05, 0.1) is 24.6 Å². The number of nitrogens with two attached hydrogens (primary N) is 1. The SMILES string of the molecule is C[C@@H](CC#N)NC(=O)OC(C)(C)C.C[C@@H](CC=O)NC(=O)OC(C)(C)C.C[C@@H](CCNC1CC1)NC(=O)OC(C)(C)C.C[C@H](N)CCNC1CC1.C[C@H]1CCN(C2CC2)[C@@H]2Cn3cc(C(=O)CCc4ccc(F)cc4F)c(=O)c(O)c3C(=O)N12.[2H][IH][B].[AlH3-]. The molecule has 6 atom stereocenters. The summed E-state index contributed by atoms with van der Waals surface area (Å²) in [5, 5.41) is 33.7. The maximum atomic E-state index is 13.9. The number of benzene rings is 1. The molecular weight excluding hydrogens is 1250 g/mol. The average Bonchev–Trinajstić information content (AvgIpc) is 1.78. The second-order valence-electron chi connectivity index (χ2n) is 25.6. The second-order valence-corrected chi connectivity index (χ2v) is 25.6. The zero-order chi connectivity index (χ0) is 66.0. The molecule has 4 fully saturated rings. The number of hydrogen-bond acceptors (Lipinski definition) is 16. The number of pyridine rings is 1. The molecule has 3 heterocycles. The number of ether oxygens (including phenoxy) is 3. The van der Waals surface area contributed by atoms with Gasteiger partial charge < -0.3 is 65.9 Å². The maximum absolute atomic E-state index is 13.9. The summed E-state index contributed by atoms with van der Waals surface area (Å²) >= 11 is -0.780. The van der Waals surface area contributed by atoms with E-state index in [2.05, 4.69) is 44.1 Å². The number of carbonyl (C=O) groups is 6. The summed E-state index contributed by atoms with van der Waals surface area (Å²) in [5.74, 6) is -3.18. The number of nitriles is 1. The number of nitrogens with zero attached hydrogens (tertiary/aromatic N) is 4. The molecule has 5 aliphatic rings. The van der Waals surface area contributed by atoms with Gasteiger partial charge in [0.15, 0.2) is 17.2 Å². The fourth-order valence-electron chi connectivity index (χ4n) is 8.64. The van der Waals surface area contributed by atoms with Gasteiger partial charge in [-0.15, -0.1) is 17.4 Å². The number of aldehydes is 1. The zero-order valence-electron chi connectivity index (χ0n) is 54.2. The smallest absolute Gasteiger partial charge is 0.101 e. The van der Waals surface area contributed by atoms with Crippen molar-refractivity contribution in [3.8, 4) is 11.8 Å². The van der Waals surface area contributed by atoms with Gasteiger partial charge in [0.25, 0.3) is 5.91 Å². The largest absolute Gasteiger partial charge is 0.101 e. The molecular formula is C61H103AlBF2IN10O11-. The molecule has 2 aromatic rings. The number of carbonyl (C=O) groups excluding carboxylic acids is 6. The van der Waals surface area contributed by atoms with E-state index >= 15 is 0 Å². The van der Waals surface area contributed by atoms with Crippen LogP contribution in [0.25, 0.3) is 0 Å². The molecule has 1 aromatic heterocycles. The minimum atomic E-state index is -0.902. The predicted molar refractivity (Wildman–Crippen MR) is 350 cm³/mol. The number of rotatable bonds is 19. The van der Waals surface area contributed by atoms with E-state index in [1.54, 1.807) is 60.3 Å². The fraction of sp³-hybridized carbons (Fsp3) is 0.705. The Morgan fingerprint density at radius 2 is 1.33 bits per heavy atom. The van der Waals surface area contributed by atoms with Crippen molar-refractivity contribution in [2.75, 3.05) is 19.6 Å². The summed E-state index contributed by atoms with van der Waals surface area (Å²) in [7, 11) is 0. The number of fused-ring (bicyclic) bond motifs is 2. The molecule has 4 amide bonds. The Morgan fingerprint density at radius 1 is 0.839 bits per heavy atom. The molecule has 3 aliphatic carbocycles. The number of alkyl carbamates (subject to hydrolysis) is 3. The molecule has 26 heteroatoms. The zero-order valence-corrected chi connectivity index (χ0v) is 55.6. The molecule has 87 heavy (non-hydrogen) atoms. The number of aryl methyl sites for hydroxylation is 1. The summed E-state index contributed by atoms with van der Waals surface area (Å²) in [5.41, 5.74) is 7.73. The van der Waals surface area contributed by atoms with Crippen LogP contribution in [0, 0.1) is 23.0 Å². The van der Waals surface area contributed by atoms with Gasteiger partial charge in [0.2, 0.25) is 5.43 Å². The molecule has 1 saturated heterocycles. The number of hydrogen-bond donors (Lipinski definition) is 7. The van der Waals surface area contributed by atoms with Crippen LogP contribution >= 0.6 is 22.2 Å². The van der Waals surface area contributed by atoms with Crippen LogP contribution in [-0.4, -0.2) is 170 Å². The molecule has 0 bridgehead atoms. The summed E-state index contributed by atoms with van der Waals surface area (Å²) < 4.78 is 49.8. The Bertz CT molecular complexity index is 2630. The Balaban J connectivity index is 0.000000595. The number of aromatic nitrogens is 1. The van der Waals surface area contributed by atoms with Gasteiger partial charge in [0, 0.05) is 80.0 Å². The second kappa shape index (κ2) is 38.6. The van der Waals surface area contributed by atoms with E-state index in [0.29, 0.717) is 31.5 Å². The molecule has 3 saturated carbocycles. The van der Waals surface area contributed by atoms with E-state index in [1.807, 2.05) is 40.7 Å². The van der Waals surface area contributed by atoms with Crippen molar-refractivity contribution in [2.45, 2.75) is 258 Å². The van der Waals surface area contributed by atoms with E-state index < -0.39 is 85.7 Å². The normalized spacial score (nSPS) is 18.4. The average molecular weight is 1360 g/mol. The van der Waals surface area contributed by atoms with Crippen LogP contribution in [-0.2, 0) is 32.0 Å². The Morgan fingerprint density at radius 3 is 1.78 bits per heavy atom. The number of ketones is 1. The van der Waals surface area contributed by atoms with Gasteiger partial charge in [-0.2, -0.15) is 5.26 Å². The van der Waals surface area contributed by atoms with Crippen LogP contribution in [0.5, 0.6) is 5.75 Å². The summed E-state index contributed by atoms with van der Waals surface area (Å²) in [6, 6.07) is 7.23. The molecule has 491 valence electrons. The minimum absolute atomic E-state index is 0. The molecule has 8 N–H and O–H groups in total. The van der Waals surface area contributed by atoms with E-state index in [0.717, 1.165) is 82.2 Å². The first-order chi connectivity index (χ1) is 40.5. The molecule has 7 rings (SSSR count). The van der Waals surface area contributed by atoms with Crippen molar-refractivity contribution >= 4 is 81.5 Å². The third-order valence-corrected chi connectivity index (χ3v) is 13.3. The van der Waals surface area contributed by atoms with Crippen LogP contribution in [0.4, 0.5) is 23.2 Å². The number of Topliss-reactive ketones (excluding diaryl/α,β-unsaturated/α-hetero) is 1. The number of amides is 4. The molecule has 1 aromatic carbocycles. The monoisotopic (exact) mass is 1360 g/mol. The van der Waals surface area contributed by atoms with Crippen LogP contribution in [0.2, 0.25) is 0 Å². The summed E-state index contributed by atoms with van der Waals surface area (Å²) in [6.07, 6.45) is 11.4. The van der Waals surface area contributed by atoms with Crippen molar-refractivity contribution in [1.82, 2.24) is 41.0 Å². The first kappa shape index (κ1) is 78.2. The van der Waals surface area contributed by atoms with E-state index in [9.17, 15) is 47.4 Å². The third-order valence-electron chi connectivity index (χ3n) is 13.3. The number of aromatic hydroxyl groups is 1. The predicted octanol–water partition coefficient (Wildman–Crippen LogP) is 7.29. The van der Waals surface area contributed by atoms with Crippen molar-refractivity contribution in [2.24, 2.45) is 5.73 Å². The Hall–Kier alpha value is -4.89. The summed E-state index contributed by atoms with van der Waals surface area (Å²) in [4.78, 5) is 86.7. The van der Waals surface area contributed by atoms with Crippen molar-refractivity contribution in [3.05, 3.63) is 63.1 Å². The maximum Gasteiger partial charge on any atom is -0.101 e. The van der Waals surface area contributed by atoms with Crippen molar-refractivity contribution in [1.29, 1.82) is 5.86 Å². The van der Waals surface area contributed by atoms with Gasteiger partial charge in [-0.05, 0) is 186 Å². The van der Waals surface area contributed by atoms with Gasteiger partial charge in [-0.25, -0.2) is 23.2 Å². The van der Waals surface area contributed by atoms with Crippen LogP contribution in [0.3, 0.4) is 0 Å². The molecule has 0 unspecified atom stereocenters.